The Labute approximate surface area is 83.0 Å². The van der Waals surface area contributed by atoms with Crippen molar-refractivity contribution in [2.24, 2.45) is 4.99 Å². The van der Waals surface area contributed by atoms with E-state index in [1.54, 1.807) is 7.05 Å². The maximum Gasteiger partial charge on any atom is 0.111 e. The van der Waals surface area contributed by atoms with Gasteiger partial charge < -0.3 is 22.5 Å². The van der Waals surface area contributed by atoms with Crippen molar-refractivity contribution in [1.82, 2.24) is 0 Å². The molecule has 0 radical (unpaired) electrons. The molecule has 0 spiro atoms. The minimum absolute atomic E-state index is 0.368. The minimum atomic E-state index is 0.368. The topological polar surface area (TPSA) is 102 Å². The summed E-state index contributed by atoms with van der Waals surface area (Å²) < 4.78 is 0. The van der Waals surface area contributed by atoms with E-state index in [1.807, 2.05) is 6.92 Å². The van der Waals surface area contributed by atoms with Crippen molar-refractivity contribution in [3.63, 3.8) is 0 Å². The molecule has 0 aromatic heterocycles. The Bertz CT molecular complexity index is 354. The molecule has 0 fully saturated rings. The second kappa shape index (κ2) is 3.45. The van der Waals surface area contributed by atoms with Crippen molar-refractivity contribution in [3.05, 3.63) is 5.56 Å². The summed E-state index contributed by atoms with van der Waals surface area (Å²) in [5.41, 5.74) is 20.8. The van der Waals surface area contributed by atoms with Crippen LogP contribution in [0.4, 0.5) is 28.4 Å². The fourth-order valence-electron chi connectivity index (χ4n) is 1.41. The van der Waals surface area contributed by atoms with E-state index in [0.717, 1.165) is 11.3 Å². The number of rotatable bonds is 2. The predicted molar refractivity (Wildman–Crippen MR) is 63.2 cm³/mol. The molecule has 0 aliphatic carbocycles. The van der Waals surface area contributed by atoms with Crippen molar-refractivity contribution >= 4 is 35.2 Å². The number of aliphatic imine (C=N–C) groups is 1. The van der Waals surface area contributed by atoms with Crippen molar-refractivity contribution in [2.45, 2.75) is 6.92 Å². The molecule has 1 aromatic rings. The van der Waals surface area contributed by atoms with Crippen molar-refractivity contribution < 1.29 is 0 Å². The molecule has 0 bridgehead atoms. The van der Waals surface area contributed by atoms with Crippen LogP contribution in [0.3, 0.4) is 0 Å². The van der Waals surface area contributed by atoms with Crippen LogP contribution in [0.2, 0.25) is 0 Å². The number of anilines is 4. The van der Waals surface area contributed by atoms with Gasteiger partial charge in [0, 0.05) is 7.05 Å². The zero-order valence-corrected chi connectivity index (χ0v) is 8.39. The Balaban J connectivity index is 3.63. The van der Waals surface area contributed by atoms with Gasteiger partial charge in [0.2, 0.25) is 0 Å². The Morgan fingerprint density at radius 1 is 1.14 bits per heavy atom. The first kappa shape index (κ1) is 10.2. The number of benzene rings is 1. The van der Waals surface area contributed by atoms with Crippen LogP contribution in [-0.4, -0.2) is 13.8 Å². The molecule has 0 unspecified atom stereocenters. The zero-order chi connectivity index (χ0) is 10.9. The highest BCUT2D eigenvalue weighted by Crippen LogP contribution is 2.42. The third-order valence-electron chi connectivity index (χ3n) is 2.26. The fourth-order valence-corrected chi connectivity index (χ4v) is 1.41. The van der Waals surface area contributed by atoms with Gasteiger partial charge in [0.1, 0.15) is 5.69 Å². The second-order valence-electron chi connectivity index (χ2n) is 3.00. The summed E-state index contributed by atoms with van der Waals surface area (Å²) in [5.74, 6) is 0. The summed E-state index contributed by atoms with van der Waals surface area (Å²) in [5, 5.41) is 2.95. The van der Waals surface area contributed by atoms with E-state index in [0.29, 0.717) is 22.7 Å². The molecule has 0 saturated heterocycles. The second-order valence-corrected chi connectivity index (χ2v) is 3.00. The Kier molecular flexibility index (Phi) is 2.51. The highest BCUT2D eigenvalue weighted by atomic mass is 14.9. The van der Waals surface area contributed by atoms with Gasteiger partial charge in [-0.15, -0.1) is 0 Å². The predicted octanol–water partition coefficient (Wildman–Crippen LogP) is 1.12. The molecule has 5 nitrogen and oxygen atoms in total. The quantitative estimate of drug-likeness (QED) is 0.417. The van der Waals surface area contributed by atoms with Gasteiger partial charge in [0.25, 0.3) is 0 Å². The van der Waals surface area contributed by atoms with E-state index in [9.17, 15) is 0 Å². The van der Waals surface area contributed by atoms with Crippen LogP contribution in [0.25, 0.3) is 0 Å². The molecule has 0 aliphatic heterocycles. The third-order valence-corrected chi connectivity index (χ3v) is 2.26. The van der Waals surface area contributed by atoms with Gasteiger partial charge in [-0.3, -0.25) is 4.99 Å². The lowest BCUT2D eigenvalue weighted by molar-refractivity contribution is 1.39. The van der Waals surface area contributed by atoms with Crippen LogP contribution in [0.15, 0.2) is 4.99 Å². The van der Waals surface area contributed by atoms with E-state index in [4.69, 9.17) is 17.2 Å². The lowest BCUT2D eigenvalue weighted by Crippen LogP contribution is -2.06. The maximum absolute atomic E-state index is 5.83. The van der Waals surface area contributed by atoms with Crippen molar-refractivity contribution in [3.8, 4) is 0 Å². The van der Waals surface area contributed by atoms with Gasteiger partial charge in [-0.2, -0.15) is 0 Å². The van der Waals surface area contributed by atoms with Crippen LogP contribution in [0.5, 0.6) is 0 Å². The van der Waals surface area contributed by atoms with Crippen molar-refractivity contribution in [2.75, 3.05) is 29.6 Å². The average Bonchev–Trinajstić information content (AvgIpc) is 2.17. The molecule has 0 aliphatic rings. The number of hydrogen-bond donors (Lipinski definition) is 4. The van der Waals surface area contributed by atoms with Crippen LogP contribution in [0, 0.1) is 6.92 Å². The highest BCUT2D eigenvalue weighted by molar-refractivity contribution is 5.97. The molecule has 7 N–H and O–H groups in total. The van der Waals surface area contributed by atoms with Crippen LogP contribution in [0.1, 0.15) is 5.56 Å². The summed E-state index contributed by atoms with van der Waals surface area (Å²) in [6.45, 7) is 5.26. The van der Waals surface area contributed by atoms with Crippen molar-refractivity contribution in [1.29, 1.82) is 0 Å². The summed E-state index contributed by atoms with van der Waals surface area (Å²) in [6, 6.07) is 0. The number of nitrogen functional groups attached to an aromatic ring is 3. The highest BCUT2D eigenvalue weighted by Gasteiger charge is 2.14. The molecule has 76 valence electrons. The Hall–Kier alpha value is -1.91. The summed E-state index contributed by atoms with van der Waals surface area (Å²) in [7, 11) is 1.76. The molecule has 0 saturated carbocycles. The number of nitrogens with one attached hydrogen (secondary N) is 1. The molecular formula is C9H15N5. The van der Waals surface area contributed by atoms with Gasteiger partial charge in [0.15, 0.2) is 0 Å². The molecule has 1 aromatic carbocycles. The molecule has 0 heterocycles. The van der Waals surface area contributed by atoms with E-state index in [1.165, 1.54) is 0 Å². The fraction of sp³-hybridized carbons (Fsp3) is 0.222. The molecule has 5 heteroatoms. The SMILES string of the molecule is C=Nc1c(N)c(C)c(NC)c(N)c1N. The van der Waals surface area contributed by atoms with Gasteiger partial charge in [-0.05, 0) is 19.2 Å². The van der Waals surface area contributed by atoms with E-state index in [2.05, 4.69) is 17.0 Å². The zero-order valence-electron chi connectivity index (χ0n) is 8.39. The van der Waals surface area contributed by atoms with Crippen LogP contribution in [-0.2, 0) is 0 Å². The largest absolute Gasteiger partial charge is 0.397 e. The number of hydrogen-bond acceptors (Lipinski definition) is 5. The first-order chi connectivity index (χ1) is 6.54. The first-order valence-corrected chi connectivity index (χ1v) is 4.16. The molecule has 0 atom stereocenters. The van der Waals surface area contributed by atoms with Gasteiger partial charge in [-0.25, -0.2) is 0 Å². The first-order valence-electron chi connectivity index (χ1n) is 4.16. The van der Waals surface area contributed by atoms with E-state index in [-0.39, 0.29) is 0 Å². The summed E-state index contributed by atoms with van der Waals surface area (Å²) >= 11 is 0. The summed E-state index contributed by atoms with van der Waals surface area (Å²) in [4.78, 5) is 3.76. The Morgan fingerprint density at radius 3 is 2.14 bits per heavy atom. The lowest BCUT2D eigenvalue weighted by atomic mass is 10.1. The summed E-state index contributed by atoms with van der Waals surface area (Å²) in [6.07, 6.45) is 0. The Morgan fingerprint density at radius 2 is 1.71 bits per heavy atom. The molecular weight excluding hydrogens is 178 g/mol. The lowest BCUT2D eigenvalue weighted by Gasteiger charge is -2.16. The standard InChI is InChI=1S/C9H15N5/c1-4-5(10)9(14-3)7(12)6(11)8(4)13-2/h13H,3,10-12H2,1-2H3. The van der Waals surface area contributed by atoms with Crippen LogP contribution >= 0.6 is 0 Å². The number of nitrogens with two attached hydrogens (primary N) is 3. The molecule has 14 heavy (non-hydrogen) atoms. The molecule has 1 rings (SSSR count). The van der Waals surface area contributed by atoms with Gasteiger partial charge >= 0.3 is 0 Å². The van der Waals surface area contributed by atoms with Gasteiger partial charge in [0.05, 0.1) is 22.7 Å². The normalized spacial score (nSPS) is 9.86. The van der Waals surface area contributed by atoms with Crippen LogP contribution < -0.4 is 22.5 Å². The minimum Gasteiger partial charge on any atom is -0.397 e. The van der Waals surface area contributed by atoms with E-state index < -0.39 is 0 Å². The monoisotopic (exact) mass is 193 g/mol. The average molecular weight is 193 g/mol. The third kappa shape index (κ3) is 1.22. The number of nitrogens with zero attached hydrogens (tertiary/aromatic N) is 1. The van der Waals surface area contributed by atoms with Gasteiger partial charge in [-0.1, -0.05) is 0 Å². The maximum atomic E-state index is 5.83. The smallest absolute Gasteiger partial charge is 0.111 e. The molecule has 0 amide bonds. The van der Waals surface area contributed by atoms with E-state index >= 15 is 0 Å².